The summed E-state index contributed by atoms with van der Waals surface area (Å²) >= 11 is 12.1. The molecule has 0 radical (unpaired) electrons. The SMILES string of the molecule is O=C1/C(=C/c2ccc(Cl)c(Cl)c2)Oc2c1ccc1c2CN(Cc2ccccc2)CO1. The Morgan fingerprint density at radius 1 is 1.00 bits per heavy atom. The molecule has 0 amide bonds. The Morgan fingerprint density at radius 2 is 1.83 bits per heavy atom. The first-order valence-electron chi connectivity index (χ1n) is 9.53. The molecule has 2 aliphatic rings. The van der Waals surface area contributed by atoms with Gasteiger partial charge in [0.25, 0.3) is 0 Å². The third-order valence-electron chi connectivity index (χ3n) is 5.17. The molecule has 0 bridgehead atoms. The van der Waals surface area contributed by atoms with Gasteiger partial charge in [0.2, 0.25) is 5.78 Å². The highest BCUT2D eigenvalue weighted by atomic mass is 35.5. The zero-order chi connectivity index (χ0) is 20.7. The van der Waals surface area contributed by atoms with Crippen LogP contribution in [-0.4, -0.2) is 17.4 Å². The van der Waals surface area contributed by atoms with E-state index in [1.165, 1.54) is 5.56 Å². The number of hydrogen-bond donors (Lipinski definition) is 0. The van der Waals surface area contributed by atoms with E-state index in [4.69, 9.17) is 32.7 Å². The molecular formula is C24H17Cl2NO3. The van der Waals surface area contributed by atoms with E-state index >= 15 is 0 Å². The summed E-state index contributed by atoms with van der Waals surface area (Å²) in [6.07, 6.45) is 1.68. The van der Waals surface area contributed by atoms with E-state index in [1.54, 1.807) is 30.3 Å². The van der Waals surface area contributed by atoms with E-state index in [9.17, 15) is 4.79 Å². The van der Waals surface area contributed by atoms with Gasteiger partial charge in [-0.3, -0.25) is 9.69 Å². The van der Waals surface area contributed by atoms with Crippen LogP contribution in [0.2, 0.25) is 10.0 Å². The van der Waals surface area contributed by atoms with Crippen LogP contribution < -0.4 is 9.47 Å². The summed E-state index contributed by atoms with van der Waals surface area (Å²) < 4.78 is 12.0. The number of allylic oxidation sites excluding steroid dienone is 1. The lowest BCUT2D eigenvalue weighted by Gasteiger charge is -2.29. The van der Waals surface area contributed by atoms with Crippen molar-refractivity contribution in [3.8, 4) is 11.5 Å². The molecule has 150 valence electrons. The van der Waals surface area contributed by atoms with Crippen molar-refractivity contribution < 1.29 is 14.3 Å². The summed E-state index contributed by atoms with van der Waals surface area (Å²) in [5.74, 6) is 1.43. The molecule has 4 nitrogen and oxygen atoms in total. The predicted molar refractivity (Wildman–Crippen MR) is 117 cm³/mol. The molecule has 6 heteroatoms. The maximum absolute atomic E-state index is 12.9. The Kier molecular flexibility index (Phi) is 4.99. The molecular weight excluding hydrogens is 421 g/mol. The zero-order valence-electron chi connectivity index (χ0n) is 15.9. The molecule has 0 saturated carbocycles. The molecule has 0 atom stereocenters. The normalized spacial score (nSPS) is 16.7. The third kappa shape index (κ3) is 3.58. The van der Waals surface area contributed by atoms with E-state index < -0.39 is 0 Å². The lowest BCUT2D eigenvalue weighted by atomic mass is 10.0. The summed E-state index contributed by atoms with van der Waals surface area (Å²) in [5, 5.41) is 0.891. The molecule has 0 N–H and O–H groups in total. The van der Waals surface area contributed by atoms with Crippen LogP contribution in [0.15, 0.2) is 66.4 Å². The average molecular weight is 438 g/mol. The number of nitrogens with zero attached hydrogens (tertiary/aromatic N) is 1. The van der Waals surface area contributed by atoms with Gasteiger partial charge in [0.1, 0.15) is 18.2 Å². The molecule has 0 fully saturated rings. The summed E-state index contributed by atoms with van der Waals surface area (Å²) in [7, 11) is 0. The minimum absolute atomic E-state index is 0.154. The van der Waals surface area contributed by atoms with Gasteiger partial charge >= 0.3 is 0 Å². The molecule has 5 rings (SSSR count). The van der Waals surface area contributed by atoms with Gasteiger partial charge in [-0.05, 0) is 41.5 Å². The Morgan fingerprint density at radius 3 is 2.63 bits per heavy atom. The topological polar surface area (TPSA) is 38.8 Å². The van der Waals surface area contributed by atoms with Crippen LogP contribution in [-0.2, 0) is 13.1 Å². The number of ketones is 1. The second-order valence-corrected chi connectivity index (χ2v) is 8.09. The fourth-order valence-corrected chi connectivity index (χ4v) is 4.01. The Hall–Kier alpha value is -2.79. The van der Waals surface area contributed by atoms with Crippen molar-refractivity contribution in [2.24, 2.45) is 0 Å². The van der Waals surface area contributed by atoms with E-state index in [2.05, 4.69) is 17.0 Å². The lowest BCUT2D eigenvalue weighted by Crippen LogP contribution is -2.31. The fraction of sp³-hybridized carbons (Fsp3) is 0.125. The van der Waals surface area contributed by atoms with Crippen LogP contribution in [0, 0.1) is 0 Å². The number of halogens is 2. The quantitative estimate of drug-likeness (QED) is 0.473. The molecule has 0 aromatic heterocycles. The first-order chi connectivity index (χ1) is 14.6. The number of Topliss-reactive ketones (excluding diaryl/α,β-unsaturated/α-hetero) is 1. The van der Waals surface area contributed by atoms with Gasteiger partial charge in [0, 0.05) is 13.1 Å². The first-order valence-corrected chi connectivity index (χ1v) is 10.3. The molecule has 3 aromatic carbocycles. The first kappa shape index (κ1) is 19.2. The minimum Gasteiger partial charge on any atom is -0.478 e. The molecule has 30 heavy (non-hydrogen) atoms. The van der Waals surface area contributed by atoms with Gasteiger partial charge in [0.15, 0.2) is 5.76 Å². The molecule has 0 saturated heterocycles. The molecule has 0 unspecified atom stereocenters. The molecule has 3 aromatic rings. The van der Waals surface area contributed by atoms with Crippen molar-refractivity contribution in [1.82, 2.24) is 4.90 Å². The van der Waals surface area contributed by atoms with Crippen LogP contribution in [0.5, 0.6) is 11.5 Å². The van der Waals surface area contributed by atoms with Crippen LogP contribution in [0.3, 0.4) is 0 Å². The number of carbonyl (C=O) groups excluding carboxylic acids is 1. The number of fused-ring (bicyclic) bond motifs is 3. The fourth-order valence-electron chi connectivity index (χ4n) is 3.70. The zero-order valence-corrected chi connectivity index (χ0v) is 17.4. The van der Waals surface area contributed by atoms with Gasteiger partial charge in [-0.1, -0.05) is 59.6 Å². The average Bonchev–Trinajstić information content (AvgIpc) is 3.07. The summed E-state index contributed by atoms with van der Waals surface area (Å²) in [4.78, 5) is 15.1. The third-order valence-corrected chi connectivity index (χ3v) is 5.91. The van der Waals surface area contributed by atoms with Crippen molar-refractivity contribution in [2.45, 2.75) is 13.1 Å². The van der Waals surface area contributed by atoms with Crippen molar-refractivity contribution in [3.63, 3.8) is 0 Å². The van der Waals surface area contributed by atoms with Crippen molar-refractivity contribution >= 4 is 35.1 Å². The highest BCUT2D eigenvalue weighted by Crippen LogP contribution is 2.42. The van der Waals surface area contributed by atoms with Gasteiger partial charge in [-0.15, -0.1) is 0 Å². The smallest absolute Gasteiger partial charge is 0.231 e. The van der Waals surface area contributed by atoms with Crippen LogP contribution in [0.4, 0.5) is 0 Å². The van der Waals surface area contributed by atoms with Gasteiger partial charge < -0.3 is 9.47 Å². The lowest BCUT2D eigenvalue weighted by molar-refractivity contribution is 0.0873. The number of ether oxygens (including phenoxy) is 2. The largest absolute Gasteiger partial charge is 0.478 e. The van der Waals surface area contributed by atoms with Crippen molar-refractivity contribution in [2.75, 3.05) is 6.73 Å². The molecule has 2 aliphatic heterocycles. The highest BCUT2D eigenvalue weighted by Gasteiger charge is 2.33. The van der Waals surface area contributed by atoms with E-state index in [-0.39, 0.29) is 11.5 Å². The number of hydrogen-bond acceptors (Lipinski definition) is 4. The second kappa shape index (κ2) is 7.80. The van der Waals surface area contributed by atoms with Gasteiger partial charge in [0.05, 0.1) is 21.2 Å². The van der Waals surface area contributed by atoms with E-state index in [0.29, 0.717) is 34.6 Å². The maximum Gasteiger partial charge on any atom is 0.231 e. The van der Waals surface area contributed by atoms with Crippen LogP contribution >= 0.6 is 23.2 Å². The Balaban J connectivity index is 1.43. The number of benzene rings is 3. The molecule has 0 aliphatic carbocycles. The summed E-state index contributed by atoms with van der Waals surface area (Å²) in [5.41, 5.74) is 3.39. The Labute approximate surface area is 184 Å². The summed E-state index contributed by atoms with van der Waals surface area (Å²) in [6, 6.07) is 19.0. The predicted octanol–water partition coefficient (Wildman–Crippen LogP) is 5.96. The van der Waals surface area contributed by atoms with Gasteiger partial charge in [-0.25, -0.2) is 0 Å². The van der Waals surface area contributed by atoms with Crippen LogP contribution in [0.1, 0.15) is 27.0 Å². The minimum atomic E-state index is -0.154. The standard InChI is InChI=1S/C24H17Cl2NO3/c25-19-8-6-16(10-20(19)26)11-22-23(28)17-7-9-21-18(24(17)30-22)13-27(14-29-21)12-15-4-2-1-3-5-15/h1-11H,12-14H2/b22-11-. The monoisotopic (exact) mass is 437 g/mol. The Bertz CT molecular complexity index is 1170. The maximum atomic E-state index is 12.9. The second-order valence-electron chi connectivity index (χ2n) is 7.28. The summed E-state index contributed by atoms with van der Waals surface area (Å²) in [6.45, 7) is 1.88. The molecule has 0 spiro atoms. The van der Waals surface area contributed by atoms with E-state index in [0.717, 1.165) is 23.4 Å². The van der Waals surface area contributed by atoms with E-state index in [1.807, 2.05) is 24.3 Å². The van der Waals surface area contributed by atoms with Crippen molar-refractivity contribution in [3.05, 3.63) is 98.7 Å². The van der Waals surface area contributed by atoms with Crippen LogP contribution in [0.25, 0.3) is 6.08 Å². The number of rotatable bonds is 3. The number of carbonyl (C=O) groups is 1. The molecule has 2 heterocycles. The highest BCUT2D eigenvalue weighted by molar-refractivity contribution is 6.42. The van der Waals surface area contributed by atoms with Crippen molar-refractivity contribution in [1.29, 1.82) is 0 Å². The van der Waals surface area contributed by atoms with Gasteiger partial charge in [-0.2, -0.15) is 0 Å².